The van der Waals surface area contributed by atoms with Crippen LogP contribution in [0.5, 0.6) is 0 Å². The molecule has 0 radical (unpaired) electrons. The molecular weight excluding hydrogens is 276 g/mol. The average Bonchev–Trinajstić information content (AvgIpc) is 3.40. The average molecular weight is 294 g/mol. The van der Waals surface area contributed by atoms with Crippen molar-refractivity contribution in [1.82, 2.24) is 20.3 Å². The third-order valence-electron chi connectivity index (χ3n) is 4.38. The fourth-order valence-corrected chi connectivity index (χ4v) is 2.97. The topological polar surface area (TPSA) is 67.8 Å². The van der Waals surface area contributed by atoms with Gasteiger partial charge in [0.1, 0.15) is 0 Å². The molecular formula is C17H18N4O. The van der Waals surface area contributed by atoms with Crippen LogP contribution in [0.1, 0.15) is 43.0 Å². The molecule has 2 heterocycles. The number of carbonyl (C=O) groups excluding carboxylic acids is 1. The van der Waals surface area contributed by atoms with Gasteiger partial charge in [-0.15, -0.1) is 0 Å². The maximum Gasteiger partial charge on any atom is 0.223 e. The largest absolute Gasteiger partial charge is 0.349 e. The zero-order valence-electron chi connectivity index (χ0n) is 12.3. The van der Waals surface area contributed by atoms with Crippen molar-refractivity contribution >= 4 is 5.91 Å². The Balaban J connectivity index is 1.61. The summed E-state index contributed by atoms with van der Waals surface area (Å²) in [5, 5.41) is 3.17. The summed E-state index contributed by atoms with van der Waals surface area (Å²) < 4.78 is 0. The van der Waals surface area contributed by atoms with Gasteiger partial charge >= 0.3 is 0 Å². The lowest BCUT2D eigenvalue weighted by Gasteiger charge is -2.25. The highest BCUT2D eigenvalue weighted by Crippen LogP contribution is 2.33. The van der Waals surface area contributed by atoms with Crippen LogP contribution in [0.4, 0.5) is 0 Å². The van der Waals surface area contributed by atoms with E-state index in [4.69, 9.17) is 4.98 Å². The molecule has 1 fully saturated rings. The van der Waals surface area contributed by atoms with E-state index in [2.05, 4.69) is 15.3 Å². The zero-order valence-corrected chi connectivity index (χ0v) is 12.3. The molecule has 4 rings (SSSR count). The Hall–Kier alpha value is -2.30. The van der Waals surface area contributed by atoms with E-state index in [1.807, 2.05) is 18.3 Å². The number of aryl methyl sites for hydroxylation is 1. The van der Waals surface area contributed by atoms with Gasteiger partial charge in [0.25, 0.3) is 0 Å². The molecule has 0 saturated heterocycles. The van der Waals surface area contributed by atoms with Crippen LogP contribution in [0, 0.1) is 5.92 Å². The Bertz CT molecular complexity index is 697. The van der Waals surface area contributed by atoms with E-state index >= 15 is 0 Å². The number of pyridine rings is 1. The highest BCUT2D eigenvalue weighted by atomic mass is 16.2. The number of nitrogens with zero attached hydrogens (tertiary/aromatic N) is 3. The SMILES string of the molecule is O=C(NC1CCCc2nc(-c3ccncc3)ncc21)C1CC1. The number of nitrogens with one attached hydrogen (secondary N) is 1. The van der Waals surface area contributed by atoms with Crippen LogP contribution in [0.15, 0.2) is 30.7 Å². The van der Waals surface area contributed by atoms with Crippen LogP contribution >= 0.6 is 0 Å². The lowest BCUT2D eigenvalue weighted by atomic mass is 9.92. The van der Waals surface area contributed by atoms with Crippen LogP contribution in [-0.4, -0.2) is 20.9 Å². The smallest absolute Gasteiger partial charge is 0.223 e. The fourth-order valence-electron chi connectivity index (χ4n) is 2.97. The lowest BCUT2D eigenvalue weighted by molar-refractivity contribution is -0.123. The first kappa shape index (κ1) is 13.4. The number of rotatable bonds is 3. The molecule has 112 valence electrons. The van der Waals surface area contributed by atoms with Crippen molar-refractivity contribution < 1.29 is 4.79 Å². The van der Waals surface area contributed by atoms with Gasteiger partial charge in [-0.3, -0.25) is 9.78 Å². The van der Waals surface area contributed by atoms with Gasteiger partial charge in [-0.05, 0) is 44.2 Å². The molecule has 1 saturated carbocycles. The predicted molar refractivity (Wildman–Crippen MR) is 81.8 cm³/mol. The minimum atomic E-state index is 0.0725. The van der Waals surface area contributed by atoms with Crippen molar-refractivity contribution in [1.29, 1.82) is 0 Å². The summed E-state index contributed by atoms with van der Waals surface area (Å²) >= 11 is 0. The van der Waals surface area contributed by atoms with Crippen LogP contribution in [0.2, 0.25) is 0 Å². The monoisotopic (exact) mass is 294 g/mol. The van der Waals surface area contributed by atoms with E-state index in [1.54, 1.807) is 12.4 Å². The molecule has 2 aromatic rings. The summed E-state index contributed by atoms with van der Waals surface area (Å²) in [6.07, 6.45) is 10.4. The van der Waals surface area contributed by atoms with Gasteiger partial charge in [0, 0.05) is 41.3 Å². The first-order chi connectivity index (χ1) is 10.8. The summed E-state index contributed by atoms with van der Waals surface area (Å²) in [5.41, 5.74) is 3.12. The molecule has 2 aliphatic rings. The predicted octanol–water partition coefficient (Wildman–Crippen LogP) is 2.44. The molecule has 0 aromatic carbocycles. The van der Waals surface area contributed by atoms with Crippen LogP contribution in [-0.2, 0) is 11.2 Å². The summed E-state index contributed by atoms with van der Waals surface area (Å²) in [7, 11) is 0. The van der Waals surface area contributed by atoms with Gasteiger partial charge in [-0.1, -0.05) is 0 Å². The summed E-state index contributed by atoms with van der Waals surface area (Å²) in [6.45, 7) is 0. The maximum absolute atomic E-state index is 12.0. The second-order valence-corrected chi connectivity index (χ2v) is 6.06. The number of hydrogen-bond acceptors (Lipinski definition) is 4. The van der Waals surface area contributed by atoms with Crippen molar-refractivity contribution in [2.24, 2.45) is 5.92 Å². The van der Waals surface area contributed by atoms with Crippen molar-refractivity contribution in [3.8, 4) is 11.4 Å². The third-order valence-corrected chi connectivity index (χ3v) is 4.38. The van der Waals surface area contributed by atoms with E-state index in [1.165, 1.54) is 0 Å². The number of aromatic nitrogens is 3. The van der Waals surface area contributed by atoms with E-state index in [9.17, 15) is 4.79 Å². The lowest BCUT2D eigenvalue weighted by Crippen LogP contribution is -2.32. The van der Waals surface area contributed by atoms with Gasteiger partial charge in [0.15, 0.2) is 5.82 Å². The molecule has 0 bridgehead atoms. The molecule has 0 aliphatic heterocycles. The van der Waals surface area contributed by atoms with E-state index < -0.39 is 0 Å². The second kappa shape index (κ2) is 5.48. The zero-order chi connectivity index (χ0) is 14.9. The molecule has 22 heavy (non-hydrogen) atoms. The second-order valence-electron chi connectivity index (χ2n) is 6.06. The molecule has 1 atom stereocenters. The Kier molecular flexibility index (Phi) is 3.33. The molecule has 0 spiro atoms. The molecule has 5 nitrogen and oxygen atoms in total. The highest BCUT2D eigenvalue weighted by molar-refractivity contribution is 5.81. The first-order valence-electron chi connectivity index (χ1n) is 7.88. The normalized spacial score (nSPS) is 20.3. The standard InChI is InChI=1S/C17H18N4O/c22-17(12-4-5-12)21-15-3-1-2-14-13(15)10-19-16(20-14)11-6-8-18-9-7-11/h6-10,12,15H,1-5H2,(H,21,22). The van der Waals surface area contributed by atoms with Crippen molar-refractivity contribution in [3.63, 3.8) is 0 Å². The highest BCUT2D eigenvalue weighted by Gasteiger charge is 2.32. The molecule has 1 N–H and O–H groups in total. The molecule has 1 unspecified atom stereocenters. The fraction of sp³-hybridized carbons (Fsp3) is 0.412. The Morgan fingerprint density at radius 3 is 2.77 bits per heavy atom. The van der Waals surface area contributed by atoms with Gasteiger partial charge in [-0.25, -0.2) is 9.97 Å². The van der Waals surface area contributed by atoms with Gasteiger partial charge in [0.2, 0.25) is 5.91 Å². The van der Waals surface area contributed by atoms with Crippen LogP contribution < -0.4 is 5.32 Å². The summed E-state index contributed by atoms with van der Waals surface area (Å²) in [6, 6.07) is 3.90. The number of amides is 1. The molecule has 2 aromatic heterocycles. The van der Waals surface area contributed by atoms with Gasteiger partial charge in [-0.2, -0.15) is 0 Å². The van der Waals surface area contributed by atoms with Gasteiger partial charge < -0.3 is 5.32 Å². The van der Waals surface area contributed by atoms with Gasteiger partial charge in [0.05, 0.1) is 6.04 Å². The van der Waals surface area contributed by atoms with E-state index in [0.717, 1.165) is 54.7 Å². The number of fused-ring (bicyclic) bond motifs is 1. The Morgan fingerprint density at radius 2 is 2.00 bits per heavy atom. The Labute approximate surface area is 129 Å². The Morgan fingerprint density at radius 1 is 1.18 bits per heavy atom. The molecule has 5 heteroatoms. The first-order valence-corrected chi connectivity index (χ1v) is 7.88. The van der Waals surface area contributed by atoms with E-state index in [-0.39, 0.29) is 17.9 Å². The third kappa shape index (κ3) is 2.58. The van der Waals surface area contributed by atoms with Crippen molar-refractivity contribution in [2.75, 3.05) is 0 Å². The maximum atomic E-state index is 12.0. The van der Waals surface area contributed by atoms with Crippen molar-refractivity contribution in [2.45, 2.75) is 38.1 Å². The quantitative estimate of drug-likeness (QED) is 0.944. The summed E-state index contributed by atoms with van der Waals surface area (Å²) in [5.74, 6) is 1.16. The number of hydrogen-bond donors (Lipinski definition) is 1. The number of carbonyl (C=O) groups is 1. The minimum Gasteiger partial charge on any atom is -0.349 e. The molecule has 1 amide bonds. The van der Waals surface area contributed by atoms with Crippen LogP contribution in [0.25, 0.3) is 11.4 Å². The van der Waals surface area contributed by atoms with E-state index in [0.29, 0.717) is 0 Å². The van der Waals surface area contributed by atoms with Crippen LogP contribution in [0.3, 0.4) is 0 Å². The van der Waals surface area contributed by atoms with Crippen molar-refractivity contribution in [3.05, 3.63) is 42.0 Å². The summed E-state index contributed by atoms with van der Waals surface area (Å²) in [4.78, 5) is 25.2. The molecule has 2 aliphatic carbocycles. The minimum absolute atomic E-state index is 0.0725.